The summed E-state index contributed by atoms with van der Waals surface area (Å²) in [5, 5.41) is 0. The van der Waals surface area contributed by atoms with Crippen molar-refractivity contribution >= 4 is 5.69 Å². The third-order valence-electron chi connectivity index (χ3n) is 3.88. The molecule has 1 unspecified atom stereocenters. The van der Waals surface area contributed by atoms with Gasteiger partial charge in [-0.3, -0.25) is 0 Å². The van der Waals surface area contributed by atoms with Gasteiger partial charge in [-0.1, -0.05) is 19.1 Å². The average Bonchev–Trinajstić information content (AvgIpc) is 2.83. The molecule has 114 valence electrons. The first kappa shape index (κ1) is 15.6. The molecule has 2 rings (SSSR count). The van der Waals surface area contributed by atoms with E-state index in [-0.39, 0.29) is 6.04 Å². The van der Waals surface area contributed by atoms with E-state index in [1.807, 2.05) is 19.1 Å². The fourth-order valence-corrected chi connectivity index (χ4v) is 2.61. The summed E-state index contributed by atoms with van der Waals surface area (Å²) in [5.41, 5.74) is 9.86. The van der Waals surface area contributed by atoms with Gasteiger partial charge >= 0.3 is 0 Å². The van der Waals surface area contributed by atoms with Crippen molar-refractivity contribution in [3.8, 4) is 0 Å². The van der Waals surface area contributed by atoms with Crippen LogP contribution in [0, 0.1) is 13.8 Å². The van der Waals surface area contributed by atoms with Crippen LogP contribution in [-0.2, 0) is 13.0 Å². The Morgan fingerprint density at radius 3 is 2.52 bits per heavy atom. The number of hydrogen-bond acceptors (Lipinski definition) is 3. The normalized spacial score (nSPS) is 12.4. The molecule has 0 saturated carbocycles. The Bertz CT molecular complexity index is 589. The molecule has 1 atom stereocenters. The molecule has 3 heteroatoms. The molecule has 0 aliphatic heterocycles. The van der Waals surface area contributed by atoms with Crippen LogP contribution >= 0.6 is 0 Å². The van der Waals surface area contributed by atoms with Crippen molar-refractivity contribution in [3.63, 3.8) is 0 Å². The molecule has 3 nitrogen and oxygen atoms in total. The van der Waals surface area contributed by atoms with Gasteiger partial charge in [-0.05, 0) is 56.0 Å². The lowest BCUT2D eigenvalue weighted by molar-refractivity contribution is 0.481. The zero-order chi connectivity index (χ0) is 15.4. The molecule has 0 aliphatic carbocycles. The third kappa shape index (κ3) is 4.11. The zero-order valence-corrected chi connectivity index (χ0v) is 13.5. The average molecular weight is 286 g/mol. The Balaban J connectivity index is 2.09. The van der Waals surface area contributed by atoms with E-state index >= 15 is 0 Å². The summed E-state index contributed by atoms with van der Waals surface area (Å²) >= 11 is 0. The summed E-state index contributed by atoms with van der Waals surface area (Å²) in [6.45, 7) is 7.04. The second kappa shape index (κ2) is 6.81. The van der Waals surface area contributed by atoms with Gasteiger partial charge in [0.15, 0.2) is 0 Å². The van der Waals surface area contributed by atoms with Gasteiger partial charge in [0.1, 0.15) is 11.5 Å². The quantitative estimate of drug-likeness (QED) is 0.878. The number of nitrogens with two attached hydrogens (primary N) is 1. The highest BCUT2D eigenvalue weighted by atomic mass is 16.3. The number of furan rings is 1. The first-order valence-corrected chi connectivity index (χ1v) is 7.61. The maximum absolute atomic E-state index is 6.03. The van der Waals surface area contributed by atoms with E-state index < -0.39 is 0 Å². The Kier molecular flexibility index (Phi) is 5.07. The molecule has 1 aromatic heterocycles. The third-order valence-corrected chi connectivity index (χ3v) is 3.88. The van der Waals surface area contributed by atoms with Gasteiger partial charge in [0.05, 0.1) is 6.54 Å². The zero-order valence-electron chi connectivity index (χ0n) is 13.5. The summed E-state index contributed by atoms with van der Waals surface area (Å²) in [5.74, 6) is 1.95. The summed E-state index contributed by atoms with van der Waals surface area (Å²) in [6, 6.07) is 10.9. The standard InChI is InChI=1S/C18H26N2O/c1-5-16(19)11-15-7-9-18(13(2)10-15)20(4)12-17-8-6-14(3)21-17/h6-10,16H,5,11-12,19H2,1-4H3. The molecule has 0 fully saturated rings. The van der Waals surface area contributed by atoms with E-state index in [0.29, 0.717) is 0 Å². The number of nitrogens with zero attached hydrogens (tertiary/aromatic N) is 1. The van der Waals surface area contributed by atoms with Gasteiger partial charge in [-0.15, -0.1) is 0 Å². The van der Waals surface area contributed by atoms with Gasteiger partial charge in [-0.25, -0.2) is 0 Å². The molecule has 0 spiro atoms. The molecule has 0 saturated heterocycles. The van der Waals surface area contributed by atoms with E-state index in [0.717, 1.165) is 30.9 Å². The minimum atomic E-state index is 0.249. The summed E-state index contributed by atoms with van der Waals surface area (Å²) in [7, 11) is 2.09. The SMILES string of the molecule is CCC(N)Cc1ccc(N(C)Cc2ccc(C)o2)c(C)c1. The lowest BCUT2D eigenvalue weighted by atomic mass is 10.0. The van der Waals surface area contributed by atoms with Gasteiger partial charge < -0.3 is 15.1 Å². The Hall–Kier alpha value is -1.74. The van der Waals surface area contributed by atoms with Crippen molar-refractivity contribution < 1.29 is 4.42 Å². The Labute approximate surface area is 127 Å². The predicted octanol–water partition coefficient (Wildman–Crippen LogP) is 3.81. The molecule has 0 radical (unpaired) electrons. The molecule has 2 aromatic rings. The van der Waals surface area contributed by atoms with Gasteiger partial charge in [-0.2, -0.15) is 0 Å². The van der Waals surface area contributed by atoms with Crippen LogP contribution in [0.1, 0.15) is 36.0 Å². The molecule has 0 bridgehead atoms. The van der Waals surface area contributed by atoms with Crippen molar-refractivity contribution in [2.75, 3.05) is 11.9 Å². The summed E-state index contributed by atoms with van der Waals surface area (Å²) < 4.78 is 5.65. The minimum absolute atomic E-state index is 0.249. The molecular formula is C18H26N2O. The predicted molar refractivity (Wildman–Crippen MR) is 88.7 cm³/mol. The monoisotopic (exact) mass is 286 g/mol. The molecule has 21 heavy (non-hydrogen) atoms. The minimum Gasteiger partial charge on any atom is -0.464 e. The van der Waals surface area contributed by atoms with E-state index in [4.69, 9.17) is 10.2 Å². The maximum Gasteiger partial charge on any atom is 0.123 e. The second-order valence-corrected chi connectivity index (χ2v) is 5.86. The molecule has 2 N–H and O–H groups in total. The first-order valence-electron chi connectivity index (χ1n) is 7.61. The van der Waals surface area contributed by atoms with Gasteiger partial charge in [0, 0.05) is 18.8 Å². The van der Waals surface area contributed by atoms with Crippen molar-refractivity contribution in [2.24, 2.45) is 5.73 Å². The Morgan fingerprint density at radius 1 is 1.19 bits per heavy atom. The van der Waals surface area contributed by atoms with Crippen LogP contribution in [-0.4, -0.2) is 13.1 Å². The topological polar surface area (TPSA) is 42.4 Å². The lowest BCUT2D eigenvalue weighted by Gasteiger charge is -2.21. The van der Waals surface area contributed by atoms with E-state index in [1.54, 1.807) is 0 Å². The molecule has 0 amide bonds. The van der Waals surface area contributed by atoms with Crippen LogP contribution in [0.25, 0.3) is 0 Å². The smallest absolute Gasteiger partial charge is 0.123 e. The molecule has 0 aliphatic rings. The summed E-state index contributed by atoms with van der Waals surface area (Å²) in [4.78, 5) is 2.22. The van der Waals surface area contributed by atoms with Crippen LogP contribution in [0.15, 0.2) is 34.7 Å². The number of anilines is 1. The summed E-state index contributed by atoms with van der Waals surface area (Å²) in [6.07, 6.45) is 1.96. The van der Waals surface area contributed by atoms with Gasteiger partial charge in [0.25, 0.3) is 0 Å². The molecular weight excluding hydrogens is 260 g/mol. The van der Waals surface area contributed by atoms with Crippen molar-refractivity contribution in [1.29, 1.82) is 0 Å². The highest BCUT2D eigenvalue weighted by Gasteiger charge is 2.09. The van der Waals surface area contributed by atoms with Crippen LogP contribution in [0.5, 0.6) is 0 Å². The number of hydrogen-bond donors (Lipinski definition) is 1. The lowest BCUT2D eigenvalue weighted by Crippen LogP contribution is -2.21. The molecule has 1 heterocycles. The van der Waals surface area contributed by atoms with Crippen LogP contribution in [0.2, 0.25) is 0 Å². The number of rotatable bonds is 6. The van der Waals surface area contributed by atoms with Crippen LogP contribution in [0.4, 0.5) is 5.69 Å². The second-order valence-electron chi connectivity index (χ2n) is 5.86. The van der Waals surface area contributed by atoms with Crippen LogP contribution in [0.3, 0.4) is 0 Å². The van der Waals surface area contributed by atoms with Gasteiger partial charge in [0.2, 0.25) is 0 Å². The number of benzene rings is 1. The Morgan fingerprint density at radius 2 is 1.95 bits per heavy atom. The molecule has 1 aromatic carbocycles. The van der Waals surface area contributed by atoms with E-state index in [2.05, 4.69) is 44.0 Å². The fraction of sp³-hybridized carbons (Fsp3) is 0.444. The first-order chi connectivity index (χ1) is 9.99. The van der Waals surface area contributed by atoms with Crippen molar-refractivity contribution in [3.05, 3.63) is 53.0 Å². The maximum atomic E-state index is 6.03. The number of aryl methyl sites for hydroxylation is 2. The fourth-order valence-electron chi connectivity index (χ4n) is 2.61. The van der Waals surface area contributed by atoms with Crippen molar-refractivity contribution in [1.82, 2.24) is 0 Å². The van der Waals surface area contributed by atoms with Crippen molar-refractivity contribution in [2.45, 2.75) is 46.2 Å². The highest BCUT2D eigenvalue weighted by molar-refractivity contribution is 5.54. The van der Waals surface area contributed by atoms with E-state index in [9.17, 15) is 0 Å². The van der Waals surface area contributed by atoms with E-state index in [1.165, 1.54) is 16.8 Å². The highest BCUT2D eigenvalue weighted by Crippen LogP contribution is 2.23. The largest absolute Gasteiger partial charge is 0.464 e. The van der Waals surface area contributed by atoms with Crippen LogP contribution < -0.4 is 10.6 Å².